The highest BCUT2D eigenvalue weighted by Crippen LogP contribution is 2.32. The van der Waals surface area contributed by atoms with Gasteiger partial charge in [0.1, 0.15) is 17.0 Å². The van der Waals surface area contributed by atoms with Crippen LogP contribution in [0.1, 0.15) is 29.0 Å². The number of carbonyl (C=O) groups is 1. The molecule has 0 bridgehead atoms. The molecule has 0 amide bonds. The van der Waals surface area contributed by atoms with Crippen molar-refractivity contribution in [2.75, 3.05) is 14.2 Å². The lowest BCUT2D eigenvalue weighted by Gasteiger charge is -2.20. The molecular formula is C23H21N3O4S. The van der Waals surface area contributed by atoms with E-state index < -0.39 is 5.97 Å². The number of para-hydroxylation sites is 1. The van der Waals surface area contributed by atoms with Gasteiger partial charge in [-0.15, -0.1) is 0 Å². The Bertz CT molecular complexity index is 1300. The quantitative estimate of drug-likeness (QED) is 0.424. The van der Waals surface area contributed by atoms with Crippen molar-refractivity contribution in [2.45, 2.75) is 19.4 Å². The number of carbonyl (C=O) groups excluding carboxylic acids is 1. The molecule has 0 unspecified atom stereocenters. The monoisotopic (exact) mass is 435 g/mol. The van der Waals surface area contributed by atoms with Crippen molar-refractivity contribution < 1.29 is 14.3 Å². The molecule has 0 saturated carbocycles. The molecule has 2 heterocycles. The molecule has 8 heteroatoms. The van der Waals surface area contributed by atoms with Gasteiger partial charge in [0, 0.05) is 6.04 Å². The molecule has 0 saturated heterocycles. The van der Waals surface area contributed by atoms with Crippen LogP contribution in [-0.2, 0) is 11.2 Å². The molecule has 0 aliphatic heterocycles. The fourth-order valence-electron chi connectivity index (χ4n) is 3.63. The minimum atomic E-state index is -0.655. The molecule has 0 radical (unpaired) electrons. The SMILES string of the molecule is COC(=O)c1nsc2nc(-c3ccccc3OC)n([C@H](C)Cc3ccccc3)c(=O)c12. The Labute approximate surface area is 183 Å². The Balaban J connectivity index is 1.98. The number of fused-ring (bicyclic) bond motifs is 1. The molecule has 0 fully saturated rings. The molecule has 1 atom stereocenters. The van der Waals surface area contributed by atoms with E-state index in [1.54, 1.807) is 11.7 Å². The van der Waals surface area contributed by atoms with Crippen LogP contribution in [0.15, 0.2) is 59.4 Å². The van der Waals surface area contributed by atoms with Gasteiger partial charge in [-0.3, -0.25) is 9.36 Å². The third kappa shape index (κ3) is 3.82. The molecule has 0 aliphatic rings. The molecule has 0 N–H and O–H groups in total. The average Bonchev–Trinajstić information content (AvgIpc) is 3.23. The van der Waals surface area contributed by atoms with E-state index in [1.165, 1.54) is 7.11 Å². The van der Waals surface area contributed by atoms with E-state index in [-0.39, 0.29) is 22.7 Å². The second-order valence-electron chi connectivity index (χ2n) is 7.05. The highest BCUT2D eigenvalue weighted by Gasteiger charge is 2.26. The first-order valence-corrected chi connectivity index (χ1v) is 10.5. The van der Waals surface area contributed by atoms with Gasteiger partial charge in [-0.1, -0.05) is 42.5 Å². The van der Waals surface area contributed by atoms with Crippen molar-refractivity contribution in [1.82, 2.24) is 13.9 Å². The van der Waals surface area contributed by atoms with Gasteiger partial charge in [0.15, 0.2) is 10.5 Å². The summed E-state index contributed by atoms with van der Waals surface area (Å²) in [6.45, 7) is 1.96. The van der Waals surface area contributed by atoms with Crippen molar-refractivity contribution in [3.8, 4) is 17.1 Å². The van der Waals surface area contributed by atoms with Gasteiger partial charge in [-0.05, 0) is 42.6 Å². The third-order valence-corrected chi connectivity index (χ3v) is 5.83. The van der Waals surface area contributed by atoms with E-state index in [1.807, 2.05) is 61.5 Å². The standard InChI is InChI=1S/C23H21N3O4S/c1-14(13-15-9-5-4-6-10-15)26-20(16-11-7-8-12-17(16)29-2)24-21-18(22(26)27)19(25-31-21)23(28)30-3/h4-12,14H,13H2,1-3H3/t14-/m1/s1. The highest BCUT2D eigenvalue weighted by molar-refractivity contribution is 7.13. The lowest BCUT2D eigenvalue weighted by Crippen LogP contribution is -2.28. The summed E-state index contributed by atoms with van der Waals surface area (Å²) in [5, 5.41) is 0.176. The van der Waals surface area contributed by atoms with E-state index >= 15 is 0 Å². The van der Waals surface area contributed by atoms with Crippen molar-refractivity contribution in [1.29, 1.82) is 0 Å². The Kier molecular flexibility index (Phi) is 5.81. The summed E-state index contributed by atoms with van der Waals surface area (Å²) >= 11 is 1.00. The maximum atomic E-state index is 13.7. The van der Waals surface area contributed by atoms with E-state index in [2.05, 4.69) is 4.37 Å². The Morgan fingerprint density at radius 3 is 2.52 bits per heavy atom. The van der Waals surface area contributed by atoms with Gasteiger partial charge in [-0.2, -0.15) is 4.37 Å². The van der Waals surface area contributed by atoms with Gasteiger partial charge in [0.05, 0.1) is 19.8 Å². The van der Waals surface area contributed by atoms with Gasteiger partial charge < -0.3 is 9.47 Å². The normalized spacial score (nSPS) is 12.0. The molecule has 2 aromatic carbocycles. The van der Waals surface area contributed by atoms with Crippen molar-refractivity contribution >= 4 is 27.7 Å². The maximum absolute atomic E-state index is 13.7. The van der Waals surface area contributed by atoms with Crippen LogP contribution in [0.3, 0.4) is 0 Å². The number of aromatic nitrogens is 3. The molecule has 0 aliphatic carbocycles. The van der Waals surface area contributed by atoms with E-state index in [9.17, 15) is 9.59 Å². The largest absolute Gasteiger partial charge is 0.496 e. The predicted molar refractivity (Wildman–Crippen MR) is 120 cm³/mol. The zero-order valence-corrected chi connectivity index (χ0v) is 18.2. The summed E-state index contributed by atoms with van der Waals surface area (Å²) in [5.41, 5.74) is 1.44. The van der Waals surface area contributed by atoms with Crippen LogP contribution in [0.2, 0.25) is 0 Å². The summed E-state index contributed by atoms with van der Waals surface area (Å²) in [6.07, 6.45) is 0.612. The van der Waals surface area contributed by atoms with Crippen molar-refractivity contribution in [3.63, 3.8) is 0 Å². The number of esters is 1. The van der Waals surface area contributed by atoms with Crippen molar-refractivity contribution in [2.24, 2.45) is 0 Å². The van der Waals surface area contributed by atoms with Gasteiger partial charge in [0.25, 0.3) is 5.56 Å². The topological polar surface area (TPSA) is 83.3 Å². The van der Waals surface area contributed by atoms with Gasteiger partial charge in [-0.25, -0.2) is 9.78 Å². The molecule has 4 aromatic rings. The van der Waals surface area contributed by atoms with Crippen LogP contribution in [0.25, 0.3) is 21.6 Å². The highest BCUT2D eigenvalue weighted by atomic mass is 32.1. The number of benzene rings is 2. The van der Waals surface area contributed by atoms with Gasteiger partial charge in [0.2, 0.25) is 0 Å². The molecule has 0 spiro atoms. The van der Waals surface area contributed by atoms with Crippen LogP contribution in [-0.4, -0.2) is 34.1 Å². The molecule has 2 aromatic heterocycles. The first-order valence-electron chi connectivity index (χ1n) is 9.72. The predicted octanol–water partition coefficient (Wildman–Crippen LogP) is 4.12. The fraction of sp³-hybridized carbons (Fsp3) is 0.217. The molecule has 31 heavy (non-hydrogen) atoms. The number of nitrogens with zero attached hydrogens (tertiary/aromatic N) is 3. The van der Waals surface area contributed by atoms with Crippen LogP contribution >= 0.6 is 11.5 Å². The van der Waals surface area contributed by atoms with Crippen LogP contribution < -0.4 is 10.3 Å². The van der Waals surface area contributed by atoms with Gasteiger partial charge >= 0.3 is 5.97 Å². The Morgan fingerprint density at radius 1 is 1.10 bits per heavy atom. The molecular weight excluding hydrogens is 414 g/mol. The number of methoxy groups -OCH3 is 2. The maximum Gasteiger partial charge on any atom is 0.358 e. The number of ether oxygens (including phenoxy) is 2. The van der Waals surface area contributed by atoms with Crippen LogP contribution in [0.5, 0.6) is 5.75 Å². The summed E-state index contributed by atoms with van der Waals surface area (Å²) in [6, 6.07) is 17.1. The summed E-state index contributed by atoms with van der Waals surface area (Å²) in [7, 11) is 2.84. The number of hydrogen-bond acceptors (Lipinski definition) is 7. The second kappa shape index (κ2) is 8.69. The van der Waals surface area contributed by atoms with E-state index in [0.29, 0.717) is 28.4 Å². The molecule has 4 rings (SSSR count). The van der Waals surface area contributed by atoms with E-state index in [4.69, 9.17) is 14.5 Å². The summed E-state index contributed by atoms with van der Waals surface area (Å²) < 4.78 is 16.1. The number of hydrogen-bond donors (Lipinski definition) is 0. The van der Waals surface area contributed by atoms with E-state index in [0.717, 1.165) is 17.1 Å². The minimum absolute atomic E-state index is 0.00719. The fourth-order valence-corrected chi connectivity index (χ4v) is 4.37. The number of rotatable bonds is 6. The first-order chi connectivity index (χ1) is 15.0. The zero-order valence-electron chi connectivity index (χ0n) is 17.4. The first kappa shape index (κ1) is 20.7. The smallest absolute Gasteiger partial charge is 0.358 e. The zero-order chi connectivity index (χ0) is 22.0. The Morgan fingerprint density at radius 2 is 1.81 bits per heavy atom. The summed E-state index contributed by atoms with van der Waals surface area (Å²) in [5.74, 6) is 0.419. The minimum Gasteiger partial charge on any atom is -0.496 e. The van der Waals surface area contributed by atoms with Crippen LogP contribution in [0.4, 0.5) is 0 Å². The third-order valence-electron chi connectivity index (χ3n) is 5.08. The lowest BCUT2D eigenvalue weighted by molar-refractivity contribution is 0.0597. The van der Waals surface area contributed by atoms with Crippen LogP contribution in [0, 0.1) is 0 Å². The Hall–Kier alpha value is -3.52. The molecule has 7 nitrogen and oxygen atoms in total. The lowest BCUT2D eigenvalue weighted by atomic mass is 10.1. The summed E-state index contributed by atoms with van der Waals surface area (Å²) in [4.78, 5) is 31.0. The van der Waals surface area contributed by atoms with Crippen molar-refractivity contribution in [3.05, 3.63) is 76.2 Å². The average molecular weight is 436 g/mol. The second-order valence-corrected chi connectivity index (χ2v) is 7.80. The molecule has 158 valence electrons.